The van der Waals surface area contributed by atoms with Crippen LogP contribution in [-0.2, 0) is 6.54 Å². The van der Waals surface area contributed by atoms with Crippen LogP contribution >= 0.6 is 0 Å². The van der Waals surface area contributed by atoms with Crippen LogP contribution in [0.15, 0.2) is 24.4 Å². The van der Waals surface area contributed by atoms with E-state index in [-0.39, 0.29) is 12.1 Å². The maximum Gasteiger partial charge on any atom is 0.0613 e. The fourth-order valence-corrected chi connectivity index (χ4v) is 2.40. The van der Waals surface area contributed by atoms with Crippen molar-refractivity contribution in [1.82, 2.24) is 10.3 Å². The molecule has 1 fully saturated rings. The minimum absolute atomic E-state index is 0.0598. The maximum atomic E-state index is 9.54. The van der Waals surface area contributed by atoms with E-state index in [1.165, 1.54) is 19.3 Å². The van der Waals surface area contributed by atoms with Crippen LogP contribution < -0.4 is 5.32 Å². The van der Waals surface area contributed by atoms with Gasteiger partial charge < -0.3 is 10.4 Å². The van der Waals surface area contributed by atoms with Gasteiger partial charge in [-0.2, -0.15) is 0 Å². The lowest BCUT2D eigenvalue weighted by atomic mass is 9.82. The third-order valence-electron chi connectivity index (χ3n) is 3.48. The monoisotopic (exact) mass is 220 g/mol. The van der Waals surface area contributed by atoms with Crippen LogP contribution in [0.25, 0.3) is 0 Å². The smallest absolute Gasteiger partial charge is 0.0613 e. The van der Waals surface area contributed by atoms with Crippen LogP contribution in [0.5, 0.6) is 0 Å². The Morgan fingerprint density at radius 3 is 2.69 bits per heavy atom. The molecule has 0 unspecified atom stereocenters. The summed E-state index contributed by atoms with van der Waals surface area (Å²) in [6.07, 6.45) is 7.70. The molecule has 0 atom stereocenters. The molecule has 0 aromatic carbocycles. The Balaban J connectivity index is 1.92. The molecular formula is C13H20N2O. The fraction of sp³-hybridized carbons (Fsp3) is 0.615. The van der Waals surface area contributed by atoms with Crippen LogP contribution in [0.4, 0.5) is 0 Å². The van der Waals surface area contributed by atoms with Gasteiger partial charge in [-0.15, -0.1) is 0 Å². The fourth-order valence-electron chi connectivity index (χ4n) is 2.40. The van der Waals surface area contributed by atoms with E-state index in [4.69, 9.17) is 0 Å². The largest absolute Gasteiger partial charge is 0.394 e. The van der Waals surface area contributed by atoms with Crippen molar-refractivity contribution in [3.05, 3.63) is 30.1 Å². The van der Waals surface area contributed by atoms with E-state index in [0.29, 0.717) is 0 Å². The molecule has 2 N–H and O–H groups in total. The number of aliphatic hydroxyl groups is 1. The number of hydrogen-bond donors (Lipinski definition) is 2. The molecule has 0 radical (unpaired) electrons. The second-order valence-corrected chi connectivity index (χ2v) is 4.67. The summed E-state index contributed by atoms with van der Waals surface area (Å²) in [6, 6.07) is 5.93. The van der Waals surface area contributed by atoms with Gasteiger partial charge >= 0.3 is 0 Å². The molecule has 88 valence electrons. The predicted octanol–water partition coefficient (Wildman–Crippen LogP) is 1.87. The first kappa shape index (κ1) is 11.6. The van der Waals surface area contributed by atoms with E-state index in [2.05, 4.69) is 10.3 Å². The summed E-state index contributed by atoms with van der Waals surface area (Å²) < 4.78 is 0. The second kappa shape index (κ2) is 5.41. The van der Waals surface area contributed by atoms with E-state index >= 15 is 0 Å². The van der Waals surface area contributed by atoms with Crippen LogP contribution in [0.3, 0.4) is 0 Å². The van der Waals surface area contributed by atoms with Gasteiger partial charge in [-0.3, -0.25) is 4.98 Å². The van der Waals surface area contributed by atoms with Gasteiger partial charge in [-0.1, -0.05) is 25.3 Å². The molecule has 0 saturated heterocycles. The SMILES string of the molecule is OCC1(NCc2ccccn2)CCCCC1. The molecule has 1 aromatic rings. The van der Waals surface area contributed by atoms with E-state index in [1.54, 1.807) is 0 Å². The summed E-state index contributed by atoms with van der Waals surface area (Å²) in [6.45, 7) is 0.987. The van der Waals surface area contributed by atoms with Crippen LogP contribution in [0, 0.1) is 0 Å². The van der Waals surface area contributed by atoms with Gasteiger partial charge in [0.25, 0.3) is 0 Å². The highest BCUT2D eigenvalue weighted by Crippen LogP contribution is 2.27. The Labute approximate surface area is 96.9 Å². The molecule has 16 heavy (non-hydrogen) atoms. The normalized spacial score (nSPS) is 19.6. The van der Waals surface area contributed by atoms with Gasteiger partial charge in [-0.25, -0.2) is 0 Å². The molecule has 1 aliphatic rings. The molecule has 1 aromatic heterocycles. The van der Waals surface area contributed by atoms with Gasteiger partial charge in [-0.05, 0) is 25.0 Å². The van der Waals surface area contributed by atoms with Gasteiger partial charge in [0.15, 0.2) is 0 Å². The zero-order valence-electron chi connectivity index (χ0n) is 9.65. The van der Waals surface area contributed by atoms with Crippen molar-refractivity contribution in [2.45, 2.75) is 44.2 Å². The Bertz CT molecular complexity index is 307. The van der Waals surface area contributed by atoms with Crippen molar-refractivity contribution >= 4 is 0 Å². The number of nitrogens with one attached hydrogen (secondary N) is 1. The second-order valence-electron chi connectivity index (χ2n) is 4.67. The molecule has 0 spiro atoms. The zero-order valence-corrected chi connectivity index (χ0v) is 9.65. The Morgan fingerprint density at radius 1 is 1.25 bits per heavy atom. The van der Waals surface area contributed by atoms with Crippen molar-refractivity contribution < 1.29 is 5.11 Å². The van der Waals surface area contributed by atoms with Crippen molar-refractivity contribution in [3.8, 4) is 0 Å². The van der Waals surface area contributed by atoms with Crippen LogP contribution in [0.2, 0.25) is 0 Å². The number of aliphatic hydroxyl groups excluding tert-OH is 1. The number of nitrogens with zero attached hydrogens (tertiary/aromatic N) is 1. The van der Waals surface area contributed by atoms with Crippen LogP contribution in [-0.4, -0.2) is 22.2 Å². The lowest BCUT2D eigenvalue weighted by Gasteiger charge is -2.36. The number of hydrogen-bond acceptors (Lipinski definition) is 3. The quantitative estimate of drug-likeness (QED) is 0.814. The number of pyridine rings is 1. The maximum absolute atomic E-state index is 9.54. The molecule has 3 heteroatoms. The molecule has 0 bridgehead atoms. The highest BCUT2D eigenvalue weighted by molar-refractivity contribution is 5.04. The average molecular weight is 220 g/mol. The first-order chi connectivity index (χ1) is 7.85. The Morgan fingerprint density at radius 2 is 2.06 bits per heavy atom. The zero-order chi connectivity index (χ0) is 11.3. The van der Waals surface area contributed by atoms with Crippen molar-refractivity contribution in [2.24, 2.45) is 0 Å². The lowest BCUT2D eigenvalue weighted by Crippen LogP contribution is -2.49. The van der Waals surface area contributed by atoms with Crippen LogP contribution in [0.1, 0.15) is 37.8 Å². The summed E-state index contributed by atoms with van der Waals surface area (Å²) in [5.74, 6) is 0. The van der Waals surface area contributed by atoms with Gasteiger partial charge in [0, 0.05) is 18.3 Å². The minimum atomic E-state index is -0.0598. The third kappa shape index (κ3) is 2.80. The number of rotatable bonds is 4. The molecule has 3 nitrogen and oxygen atoms in total. The minimum Gasteiger partial charge on any atom is -0.394 e. The molecule has 0 amide bonds. The highest BCUT2D eigenvalue weighted by Gasteiger charge is 2.30. The molecule has 1 saturated carbocycles. The molecule has 0 aliphatic heterocycles. The third-order valence-corrected chi connectivity index (χ3v) is 3.48. The standard InChI is InChI=1S/C13H20N2O/c16-11-13(7-3-1-4-8-13)15-10-12-6-2-5-9-14-12/h2,5-6,9,15-16H,1,3-4,7-8,10-11H2. The van der Waals surface area contributed by atoms with E-state index in [9.17, 15) is 5.11 Å². The lowest BCUT2D eigenvalue weighted by molar-refractivity contribution is 0.119. The predicted molar refractivity (Wildman–Crippen MR) is 64.0 cm³/mol. The summed E-state index contributed by atoms with van der Waals surface area (Å²) >= 11 is 0. The van der Waals surface area contributed by atoms with Crippen molar-refractivity contribution in [1.29, 1.82) is 0 Å². The van der Waals surface area contributed by atoms with Gasteiger partial charge in [0.2, 0.25) is 0 Å². The van der Waals surface area contributed by atoms with E-state index in [0.717, 1.165) is 25.1 Å². The summed E-state index contributed by atoms with van der Waals surface area (Å²) in [5, 5.41) is 13.0. The first-order valence-corrected chi connectivity index (χ1v) is 6.10. The van der Waals surface area contributed by atoms with E-state index < -0.39 is 0 Å². The summed E-state index contributed by atoms with van der Waals surface area (Å²) in [7, 11) is 0. The van der Waals surface area contributed by atoms with E-state index in [1.807, 2.05) is 24.4 Å². The topological polar surface area (TPSA) is 45.1 Å². The van der Waals surface area contributed by atoms with Gasteiger partial charge in [0.1, 0.15) is 0 Å². The highest BCUT2D eigenvalue weighted by atomic mass is 16.3. The average Bonchev–Trinajstić information content (AvgIpc) is 2.39. The van der Waals surface area contributed by atoms with Crippen molar-refractivity contribution in [2.75, 3.05) is 6.61 Å². The Kier molecular flexibility index (Phi) is 3.91. The van der Waals surface area contributed by atoms with Crippen molar-refractivity contribution in [3.63, 3.8) is 0 Å². The molecule has 1 aliphatic carbocycles. The first-order valence-electron chi connectivity index (χ1n) is 6.10. The van der Waals surface area contributed by atoms with Gasteiger partial charge in [0.05, 0.1) is 12.3 Å². The summed E-state index contributed by atoms with van der Waals surface area (Å²) in [4.78, 5) is 4.28. The summed E-state index contributed by atoms with van der Waals surface area (Å²) in [5.41, 5.74) is 0.983. The Hall–Kier alpha value is -0.930. The number of aromatic nitrogens is 1. The molecular weight excluding hydrogens is 200 g/mol. The molecule has 2 rings (SSSR count). The molecule has 1 heterocycles.